The van der Waals surface area contributed by atoms with E-state index in [1.54, 1.807) is 24.3 Å². The number of phenolic OH excluding ortho intramolecular Hbond substituents is 1. The van der Waals surface area contributed by atoms with Crippen LogP contribution in [0.2, 0.25) is 10.0 Å². The highest BCUT2D eigenvalue weighted by Crippen LogP contribution is 2.23. The van der Waals surface area contributed by atoms with Crippen molar-refractivity contribution < 1.29 is 9.84 Å². The van der Waals surface area contributed by atoms with Gasteiger partial charge in [-0.3, -0.25) is 0 Å². The Balaban J connectivity index is 0.000000413. The van der Waals surface area contributed by atoms with E-state index in [9.17, 15) is 0 Å². The van der Waals surface area contributed by atoms with Gasteiger partial charge in [-0.25, -0.2) is 0 Å². The molecule has 0 aliphatic rings. The van der Waals surface area contributed by atoms with Gasteiger partial charge in [0.15, 0.2) is 0 Å². The molecule has 2 nitrogen and oxygen atoms in total. The number of alkyl halides is 3. The van der Waals surface area contributed by atoms with Gasteiger partial charge in [0.05, 0.1) is 16.7 Å². The zero-order chi connectivity index (χ0) is 20.3. The van der Waals surface area contributed by atoms with Crippen LogP contribution >= 0.6 is 71.0 Å². The molecule has 0 atom stereocenters. The first-order valence-electron chi connectivity index (χ1n) is 8.55. The number of halogens is 5. The van der Waals surface area contributed by atoms with E-state index in [1.165, 1.54) is 12.8 Å². The summed E-state index contributed by atoms with van der Waals surface area (Å²) in [5, 5.41) is 13.2. The van der Waals surface area contributed by atoms with Crippen LogP contribution in [0.3, 0.4) is 0 Å². The monoisotopic (exact) mass is 604 g/mol. The third-order valence-corrected chi connectivity index (χ3v) is 5.31. The summed E-state index contributed by atoms with van der Waals surface area (Å²) < 4.78 is 5.49. The Labute approximate surface area is 198 Å². The minimum absolute atomic E-state index is 0.133. The molecule has 2 rings (SSSR count). The van der Waals surface area contributed by atoms with Crippen LogP contribution in [0.4, 0.5) is 0 Å². The standard InChI is InChI=1S/C10H12BrClO.C6H5ClO.C4H8Br2/c11-7-3-4-8-13-10-6-2-1-5-9(10)12;7-5-3-1-2-4-6(5)8;5-3-1-2-4-6/h1-2,5-6H,3-4,7-8H2;1-4,8H;1-4H2. The molecule has 0 spiro atoms. The number of hydrogen-bond acceptors (Lipinski definition) is 2. The molecule has 2 aromatic rings. The van der Waals surface area contributed by atoms with Crippen molar-refractivity contribution in [2.24, 2.45) is 0 Å². The van der Waals surface area contributed by atoms with Gasteiger partial charge in [-0.15, -0.1) is 0 Å². The topological polar surface area (TPSA) is 29.5 Å². The van der Waals surface area contributed by atoms with Crippen LogP contribution in [-0.4, -0.2) is 27.7 Å². The Hall–Kier alpha value is 0.0600. The molecule has 0 aromatic heterocycles. The summed E-state index contributed by atoms with van der Waals surface area (Å²) in [6.07, 6.45) is 4.75. The summed E-state index contributed by atoms with van der Waals surface area (Å²) in [7, 11) is 0. The molecule has 0 saturated heterocycles. The molecule has 7 heteroatoms. The van der Waals surface area contributed by atoms with Gasteiger partial charge in [-0.05, 0) is 49.9 Å². The van der Waals surface area contributed by atoms with E-state index in [-0.39, 0.29) is 5.75 Å². The highest BCUT2D eigenvalue weighted by atomic mass is 79.9. The molecule has 0 saturated carbocycles. The van der Waals surface area contributed by atoms with Crippen molar-refractivity contribution in [1.29, 1.82) is 0 Å². The van der Waals surface area contributed by atoms with Gasteiger partial charge in [-0.1, -0.05) is 95.3 Å². The lowest BCUT2D eigenvalue weighted by Gasteiger charge is -2.06. The van der Waals surface area contributed by atoms with Crippen molar-refractivity contribution in [2.45, 2.75) is 25.7 Å². The highest BCUT2D eigenvalue weighted by molar-refractivity contribution is 9.09. The molecule has 0 bridgehead atoms. The SMILES string of the molecule is BrCCCCBr.Clc1ccccc1OCCCCBr.Oc1ccccc1Cl. The van der Waals surface area contributed by atoms with Crippen LogP contribution in [0.25, 0.3) is 0 Å². The molecule has 0 fully saturated rings. The first kappa shape index (κ1) is 27.1. The van der Waals surface area contributed by atoms with Crippen molar-refractivity contribution in [3.8, 4) is 11.5 Å². The van der Waals surface area contributed by atoms with Crippen molar-refractivity contribution in [3.05, 3.63) is 58.6 Å². The number of hydrogen-bond donors (Lipinski definition) is 1. The third kappa shape index (κ3) is 15.6. The van der Waals surface area contributed by atoms with Gasteiger partial charge in [0.25, 0.3) is 0 Å². The number of unbranched alkanes of at least 4 members (excludes halogenated alkanes) is 2. The minimum atomic E-state index is 0.133. The Morgan fingerprint density at radius 3 is 1.63 bits per heavy atom. The number of rotatable bonds is 8. The van der Waals surface area contributed by atoms with E-state index in [0.29, 0.717) is 10.0 Å². The van der Waals surface area contributed by atoms with E-state index < -0.39 is 0 Å². The van der Waals surface area contributed by atoms with E-state index in [2.05, 4.69) is 47.8 Å². The second-order valence-corrected chi connectivity index (χ2v) is 8.40. The lowest BCUT2D eigenvalue weighted by atomic mass is 10.3. The summed E-state index contributed by atoms with van der Waals surface area (Å²) in [6.45, 7) is 0.731. The maximum absolute atomic E-state index is 8.79. The number of benzene rings is 2. The number of para-hydroxylation sites is 2. The fourth-order valence-corrected chi connectivity index (χ4v) is 3.10. The third-order valence-electron chi connectivity index (χ3n) is 2.99. The van der Waals surface area contributed by atoms with Crippen LogP contribution in [0.5, 0.6) is 11.5 Å². The average Bonchev–Trinajstić information content (AvgIpc) is 2.68. The van der Waals surface area contributed by atoms with Gasteiger partial charge in [0, 0.05) is 16.0 Å². The first-order chi connectivity index (χ1) is 13.1. The summed E-state index contributed by atoms with van der Waals surface area (Å²) in [4.78, 5) is 0. The highest BCUT2D eigenvalue weighted by Gasteiger charge is 1.98. The van der Waals surface area contributed by atoms with Crippen LogP contribution in [0, 0.1) is 0 Å². The van der Waals surface area contributed by atoms with Crippen LogP contribution < -0.4 is 4.74 Å². The summed E-state index contributed by atoms with van der Waals surface area (Å²) >= 11 is 21.4. The zero-order valence-corrected chi connectivity index (χ0v) is 21.3. The summed E-state index contributed by atoms with van der Waals surface area (Å²) in [6, 6.07) is 14.2. The predicted molar refractivity (Wildman–Crippen MR) is 130 cm³/mol. The predicted octanol–water partition coefficient (Wildman–Crippen LogP) is 8.50. The zero-order valence-electron chi connectivity index (χ0n) is 15.0. The Bertz CT molecular complexity index is 576. The van der Waals surface area contributed by atoms with Gasteiger partial charge in [0.1, 0.15) is 11.5 Å². The van der Waals surface area contributed by atoms with Gasteiger partial charge in [-0.2, -0.15) is 0 Å². The van der Waals surface area contributed by atoms with Gasteiger partial charge < -0.3 is 9.84 Å². The molecular formula is C20H25Br3Cl2O2. The second kappa shape index (κ2) is 19.4. The largest absolute Gasteiger partial charge is 0.506 e. The molecule has 1 N–H and O–H groups in total. The molecule has 27 heavy (non-hydrogen) atoms. The summed E-state index contributed by atoms with van der Waals surface area (Å²) in [5.41, 5.74) is 0. The maximum atomic E-state index is 8.79. The fourth-order valence-electron chi connectivity index (χ4n) is 1.58. The summed E-state index contributed by atoms with van der Waals surface area (Å²) in [5.74, 6) is 0.910. The molecule has 0 aliphatic heterocycles. The normalized spacial score (nSPS) is 9.52. The van der Waals surface area contributed by atoms with E-state index in [4.69, 9.17) is 33.0 Å². The molecule has 0 amide bonds. The van der Waals surface area contributed by atoms with E-state index >= 15 is 0 Å². The molecule has 152 valence electrons. The van der Waals surface area contributed by atoms with Crippen molar-refractivity contribution >= 4 is 71.0 Å². The molecule has 0 heterocycles. The van der Waals surface area contributed by atoms with Gasteiger partial charge >= 0.3 is 0 Å². The number of phenols is 1. The van der Waals surface area contributed by atoms with Crippen molar-refractivity contribution in [3.63, 3.8) is 0 Å². The quantitative estimate of drug-likeness (QED) is 0.241. The van der Waals surface area contributed by atoms with Crippen LogP contribution in [0.1, 0.15) is 25.7 Å². The molecule has 0 radical (unpaired) electrons. The van der Waals surface area contributed by atoms with E-state index in [1.807, 2.05) is 24.3 Å². The molecule has 2 aromatic carbocycles. The molecule has 0 aliphatic carbocycles. The smallest absolute Gasteiger partial charge is 0.137 e. The molecular weight excluding hydrogens is 583 g/mol. The lowest BCUT2D eigenvalue weighted by Crippen LogP contribution is -1.97. The second-order valence-electron chi connectivity index (χ2n) is 5.21. The van der Waals surface area contributed by atoms with Crippen molar-refractivity contribution in [2.75, 3.05) is 22.6 Å². The Kier molecular flexibility index (Phi) is 19.4. The van der Waals surface area contributed by atoms with Gasteiger partial charge in [0.2, 0.25) is 0 Å². The minimum Gasteiger partial charge on any atom is -0.506 e. The Morgan fingerprint density at radius 1 is 0.704 bits per heavy atom. The number of aromatic hydroxyl groups is 1. The first-order valence-corrected chi connectivity index (χ1v) is 12.7. The molecule has 0 unspecified atom stereocenters. The van der Waals surface area contributed by atoms with Crippen LogP contribution in [0.15, 0.2) is 48.5 Å². The fraction of sp³-hybridized carbons (Fsp3) is 0.400. The maximum Gasteiger partial charge on any atom is 0.137 e. The van der Waals surface area contributed by atoms with Crippen molar-refractivity contribution in [1.82, 2.24) is 0 Å². The number of ether oxygens (including phenoxy) is 1. The van der Waals surface area contributed by atoms with Crippen LogP contribution in [-0.2, 0) is 0 Å². The Morgan fingerprint density at radius 2 is 1.19 bits per heavy atom. The van der Waals surface area contributed by atoms with E-state index in [0.717, 1.165) is 41.2 Å². The lowest BCUT2D eigenvalue weighted by molar-refractivity contribution is 0.310. The average molecular weight is 608 g/mol.